The number of rotatable bonds is 5. The van der Waals surface area contributed by atoms with Crippen molar-refractivity contribution >= 4 is 17.3 Å². The molecule has 7 heteroatoms. The fourth-order valence-corrected chi connectivity index (χ4v) is 4.52. The van der Waals surface area contributed by atoms with E-state index in [2.05, 4.69) is 54.9 Å². The molecule has 1 aliphatic rings. The zero-order chi connectivity index (χ0) is 21.2. The Morgan fingerprint density at radius 1 is 0.935 bits per heavy atom. The molecule has 1 aliphatic heterocycles. The van der Waals surface area contributed by atoms with Crippen LogP contribution < -0.4 is 5.32 Å². The van der Waals surface area contributed by atoms with Crippen LogP contribution in [0.4, 0.5) is 0 Å². The first-order valence-corrected chi connectivity index (χ1v) is 10.6. The van der Waals surface area contributed by atoms with Gasteiger partial charge in [-0.15, -0.1) is 0 Å². The largest absolute Gasteiger partial charge is 0.352 e. The summed E-state index contributed by atoms with van der Waals surface area (Å²) >= 11 is 5.81. The first-order chi connectivity index (χ1) is 15.2. The molecule has 0 bridgehead atoms. The number of hydrogen-bond donors (Lipinski definition) is 1. The molecular formula is C24H22N6S. The molecule has 0 spiro atoms. The topological polar surface area (TPSA) is 58.9 Å². The minimum Gasteiger partial charge on any atom is -0.352 e. The van der Waals surface area contributed by atoms with Gasteiger partial charge in [-0.3, -0.25) is 15.0 Å². The van der Waals surface area contributed by atoms with E-state index in [0.29, 0.717) is 11.7 Å². The summed E-state index contributed by atoms with van der Waals surface area (Å²) < 4.78 is 2.25. The molecule has 4 aromatic rings. The van der Waals surface area contributed by atoms with Gasteiger partial charge in [-0.1, -0.05) is 6.07 Å². The lowest BCUT2D eigenvalue weighted by Gasteiger charge is -2.29. The Morgan fingerprint density at radius 3 is 2.55 bits per heavy atom. The van der Waals surface area contributed by atoms with E-state index in [1.54, 1.807) is 6.20 Å². The molecule has 1 saturated heterocycles. The second-order valence-electron chi connectivity index (χ2n) is 7.56. The number of nitrogens with zero attached hydrogens (tertiary/aromatic N) is 5. The van der Waals surface area contributed by atoms with Crippen LogP contribution in [0.5, 0.6) is 0 Å². The Labute approximate surface area is 186 Å². The molecule has 4 aromatic heterocycles. The molecule has 0 aliphatic carbocycles. The summed E-state index contributed by atoms with van der Waals surface area (Å²) in [5.41, 5.74) is 5.43. The molecule has 2 atom stereocenters. The van der Waals surface area contributed by atoms with E-state index in [1.165, 1.54) is 0 Å². The molecule has 5 rings (SSSR count). The zero-order valence-corrected chi connectivity index (χ0v) is 17.9. The van der Waals surface area contributed by atoms with Crippen molar-refractivity contribution in [1.82, 2.24) is 29.7 Å². The van der Waals surface area contributed by atoms with Gasteiger partial charge in [0.1, 0.15) is 0 Å². The molecule has 0 aromatic carbocycles. The maximum atomic E-state index is 5.81. The summed E-state index contributed by atoms with van der Waals surface area (Å²) in [6.07, 6.45) is 9.14. The molecule has 5 heterocycles. The lowest BCUT2D eigenvalue weighted by molar-refractivity contribution is 0.302. The highest BCUT2D eigenvalue weighted by Gasteiger charge is 2.41. The smallest absolute Gasteiger partial charge is 0.170 e. The minimum atomic E-state index is -0.0692. The van der Waals surface area contributed by atoms with Crippen molar-refractivity contribution in [2.45, 2.75) is 25.6 Å². The Morgan fingerprint density at radius 2 is 1.81 bits per heavy atom. The van der Waals surface area contributed by atoms with Gasteiger partial charge in [0.15, 0.2) is 5.11 Å². The van der Waals surface area contributed by atoms with Crippen LogP contribution in [0.15, 0.2) is 85.6 Å². The van der Waals surface area contributed by atoms with Gasteiger partial charge in [-0.2, -0.15) is 0 Å². The third-order valence-electron chi connectivity index (χ3n) is 5.61. The quantitative estimate of drug-likeness (QED) is 0.484. The standard InChI is InChI=1S/C24H22N6S/c1-17-7-8-21(30(17)19-5-4-11-26-15-19)23-22(20-6-2-3-12-27-20)28-24(31)29(23)16-18-9-13-25-14-10-18/h2-15,22-23H,16H2,1H3,(H,28,31)/t22-,23-/m1/s1. The van der Waals surface area contributed by atoms with E-state index in [0.717, 1.165) is 28.3 Å². The molecule has 1 N–H and O–H groups in total. The summed E-state index contributed by atoms with van der Waals surface area (Å²) in [6.45, 7) is 2.79. The maximum Gasteiger partial charge on any atom is 0.170 e. The van der Waals surface area contributed by atoms with E-state index in [9.17, 15) is 0 Å². The molecule has 0 radical (unpaired) electrons. The molecule has 0 unspecified atom stereocenters. The van der Waals surface area contributed by atoms with Crippen LogP contribution in [0.2, 0.25) is 0 Å². The van der Waals surface area contributed by atoms with Crippen LogP contribution in [0.25, 0.3) is 5.69 Å². The monoisotopic (exact) mass is 426 g/mol. The Bertz CT molecular complexity index is 1180. The van der Waals surface area contributed by atoms with Crippen LogP contribution in [0.3, 0.4) is 0 Å². The highest BCUT2D eigenvalue weighted by atomic mass is 32.1. The molecular weight excluding hydrogens is 404 g/mol. The van der Waals surface area contributed by atoms with Crippen molar-refractivity contribution in [1.29, 1.82) is 0 Å². The SMILES string of the molecule is Cc1ccc([C@@H]2[C@@H](c3ccccn3)NC(=S)N2Cc2ccncc2)n1-c1cccnc1. The van der Waals surface area contributed by atoms with Crippen molar-refractivity contribution in [3.8, 4) is 5.69 Å². The van der Waals surface area contributed by atoms with Gasteiger partial charge < -0.3 is 14.8 Å². The highest BCUT2D eigenvalue weighted by Crippen LogP contribution is 2.40. The first kappa shape index (κ1) is 19.4. The van der Waals surface area contributed by atoms with Crippen molar-refractivity contribution in [3.05, 3.63) is 108 Å². The first-order valence-electron chi connectivity index (χ1n) is 10.2. The second kappa shape index (κ2) is 8.28. The second-order valence-corrected chi connectivity index (χ2v) is 7.94. The van der Waals surface area contributed by atoms with Gasteiger partial charge in [-0.05, 0) is 73.2 Å². The van der Waals surface area contributed by atoms with Crippen molar-refractivity contribution < 1.29 is 0 Å². The van der Waals surface area contributed by atoms with E-state index in [-0.39, 0.29) is 12.1 Å². The van der Waals surface area contributed by atoms with Crippen molar-refractivity contribution in [2.24, 2.45) is 0 Å². The summed E-state index contributed by atoms with van der Waals surface area (Å²) in [7, 11) is 0. The zero-order valence-electron chi connectivity index (χ0n) is 17.1. The van der Waals surface area contributed by atoms with Crippen molar-refractivity contribution in [3.63, 3.8) is 0 Å². The highest BCUT2D eigenvalue weighted by molar-refractivity contribution is 7.80. The van der Waals surface area contributed by atoms with E-state index >= 15 is 0 Å². The molecule has 0 amide bonds. The third-order valence-corrected chi connectivity index (χ3v) is 5.97. The van der Waals surface area contributed by atoms with Crippen LogP contribution in [0, 0.1) is 6.92 Å². The maximum absolute atomic E-state index is 5.81. The Hall–Kier alpha value is -3.58. The van der Waals surface area contributed by atoms with Gasteiger partial charge >= 0.3 is 0 Å². The summed E-state index contributed by atoms with van der Waals surface area (Å²) in [5.74, 6) is 0. The molecule has 154 valence electrons. The third kappa shape index (κ3) is 3.68. The fourth-order valence-electron chi connectivity index (χ4n) is 4.21. The van der Waals surface area contributed by atoms with Crippen LogP contribution >= 0.6 is 12.2 Å². The Kier molecular flexibility index (Phi) is 5.18. The Balaban J connectivity index is 1.63. The van der Waals surface area contributed by atoms with Crippen LogP contribution in [0.1, 0.15) is 34.7 Å². The van der Waals surface area contributed by atoms with Gasteiger partial charge in [0, 0.05) is 42.7 Å². The average Bonchev–Trinajstić information content (AvgIpc) is 3.35. The van der Waals surface area contributed by atoms with E-state index < -0.39 is 0 Å². The van der Waals surface area contributed by atoms with Crippen LogP contribution in [-0.4, -0.2) is 29.5 Å². The van der Waals surface area contributed by atoms with Gasteiger partial charge in [-0.25, -0.2) is 0 Å². The number of hydrogen-bond acceptors (Lipinski definition) is 4. The van der Waals surface area contributed by atoms with Gasteiger partial charge in [0.25, 0.3) is 0 Å². The molecule has 0 saturated carbocycles. The summed E-state index contributed by atoms with van der Waals surface area (Å²) in [5, 5.41) is 4.24. The number of pyridine rings is 3. The molecule has 31 heavy (non-hydrogen) atoms. The number of nitrogens with one attached hydrogen (secondary N) is 1. The fraction of sp³-hybridized carbons (Fsp3) is 0.167. The lowest BCUT2D eigenvalue weighted by Crippen LogP contribution is -2.30. The molecule has 6 nitrogen and oxygen atoms in total. The van der Waals surface area contributed by atoms with Gasteiger partial charge in [0.05, 0.1) is 29.7 Å². The number of thiocarbonyl (C=S) groups is 1. The van der Waals surface area contributed by atoms with E-state index in [4.69, 9.17) is 12.2 Å². The van der Waals surface area contributed by atoms with Gasteiger partial charge in [0.2, 0.25) is 0 Å². The lowest BCUT2D eigenvalue weighted by atomic mass is 10.0. The normalized spacial score (nSPS) is 18.2. The predicted molar refractivity (Wildman–Crippen MR) is 124 cm³/mol. The van der Waals surface area contributed by atoms with Crippen molar-refractivity contribution in [2.75, 3.05) is 0 Å². The minimum absolute atomic E-state index is 0.0375. The summed E-state index contributed by atoms with van der Waals surface area (Å²) in [4.78, 5) is 15.4. The summed E-state index contributed by atoms with van der Waals surface area (Å²) in [6, 6.07) is 18.3. The molecule has 1 fully saturated rings. The number of aromatic nitrogens is 4. The predicted octanol–water partition coefficient (Wildman–Crippen LogP) is 4.14. The van der Waals surface area contributed by atoms with E-state index in [1.807, 2.05) is 61.2 Å². The average molecular weight is 427 g/mol. The van der Waals surface area contributed by atoms with Crippen LogP contribution in [-0.2, 0) is 6.54 Å². The number of aryl methyl sites for hydroxylation is 1.